The highest BCUT2D eigenvalue weighted by Crippen LogP contribution is 2.47. The highest BCUT2D eigenvalue weighted by molar-refractivity contribution is 6.22. The van der Waals surface area contributed by atoms with Crippen LogP contribution >= 0.6 is 0 Å². The first-order valence-electron chi connectivity index (χ1n) is 22.2. The molecule has 0 spiro atoms. The molecule has 0 bridgehead atoms. The average Bonchev–Trinajstić information content (AvgIpc) is 4.02. The number of para-hydroxylation sites is 3. The summed E-state index contributed by atoms with van der Waals surface area (Å²) in [5, 5.41) is 24.3. The Hall–Kier alpha value is -8.91. The van der Waals surface area contributed by atoms with E-state index in [0.717, 1.165) is 61.3 Å². The molecule has 65 heavy (non-hydrogen) atoms. The average molecular weight is 825 g/mol. The van der Waals surface area contributed by atoms with E-state index < -0.39 is 0 Å². The Morgan fingerprint density at radius 2 is 0.646 bits per heavy atom. The van der Waals surface area contributed by atoms with Gasteiger partial charge in [0, 0.05) is 48.5 Å². The number of benzene rings is 11. The van der Waals surface area contributed by atoms with Crippen LogP contribution in [-0.2, 0) is 0 Å². The minimum Gasteiger partial charge on any atom is -0.306 e. The second-order valence-corrected chi connectivity index (χ2v) is 17.2. The summed E-state index contributed by atoms with van der Waals surface area (Å²) in [6.07, 6.45) is 0. The minimum atomic E-state index is 0.630. The predicted octanol–water partition coefficient (Wildman–Crippen LogP) is 16.0. The van der Waals surface area contributed by atoms with Gasteiger partial charge < -0.3 is 13.7 Å². The SMILES string of the molecule is N#Cc1ccc(-c2cc(-n3c4ccccc4c4ccc5ccccc5c43)c(-n3c4ccccc4c4ccc5ccccc5c43)c(-n3c4ccccc4c4ccc5ccccc5c43)c2)cc1. The zero-order valence-electron chi connectivity index (χ0n) is 35.1. The monoisotopic (exact) mass is 824 g/mol. The van der Waals surface area contributed by atoms with E-state index in [2.05, 4.69) is 226 Å². The van der Waals surface area contributed by atoms with E-state index in [1.54, 1.807) is 0 Å². The molecule has 11 aromatic carbocycles. The zero-order chi connectivity index (χ0) is 42.8. The van der Waals surface area contributed by atoms with Crippen molar-refractivity contribution in [1.82, 2.24) is 13.7 Å². The molecular formula is C61H36N4. The van der Waals surface area contributed by atoms with Gasteiger partial charge in [0.1, 0.15) is 0 Å². The Morgan fingerprint density at radius 1 is 0.292 bits per heavy atom. The van der Waals surface area contributed by atoms with Crippen LogP contribution in [0.3, 0.4) is 0 Å². The fourth-order valence-corrected chi connectivity index (χ4v) is 11.0. The highest BCUT2D eigenvalue weighted by Gasteiger charge is 2.28. The van der Waals surface area contributed by atoms with Crippen LogP contribution in [0.1, 0.15) is 5.56 Å². The van der Waals surface area contributed by atoms with Crippen molar-refractivity contribution in [2.24, 2.45) is 0 Å². The number of fused-ring (bicyclic) bond motifs is 15. The van der Waals surface area contributed by atoms with Crippen molar-refractivity contribution in [3.63, 3.8) is 0 Å². The summed E-state index contributed by atoms with van der Waals surface area (Å²) >= 11 is 0. The van der Waals surface area contributed by atoms with Crippen LogP contribution in [0.25, 0.3) is 126 Å². The molecule has 0 amide bonds. The fraction of sp³-hybridized carbons (Fsp3) is 0. The first-order chi connectivity index (χ1) is 32.2. The van der Waals surface area contributed by atoms with E-state index in [4.69, 9.17) is 0 Å². The van der Waals surface area contributed by atoms with Gasteiger partial charge in [-0.3, -0.25) is 0 Å². The molecule has 14 rings (SSSR count). The van der Waals surface area contributed by atoms with Crippen molar-refractivity contribution in [2.45, 2.75) is 0 Å². The van der Waals surface area contributed by atoms with Crippen molar-refractivity contribution in [3.8, 4) is 34.3 Å². The van der Waals surface area contributed by atoms with Crippen molar-refractivity contribution < 1.29 is 0 Å². The van der Waals surface area contributed by atoms with E-state index in [9.17, 15) is 5.26 Å². The third kappa shape index (κ3) is 5.01. The van der Waals surface area contributed by atoms with E-state index in [1.807, 2.05) is 12.1 Å². The van der Waals surface area contributed by atoms with E-state index in [0.29, 0.717) is 5.56 Å². The molecule has 0 saturated heterocycles. The summed E-state index contributed by atoms with van der Waals surface area (Å²) in [4.78, 5) is 0. The minimum absolute atomic E-state index is 0.630. The molecule has 0 N–H and O–H groups in total. The van der Waals surface area contributed by atoms with Gasteiger partial charge in [0.25, 0.3) is 0 Å². The lowest BCUT2D eigenvalue weighted by Gasteiger charge is -2.24. The van der Waals surface area contributed by atoms with Gasteiger partial charge in [-0.2, -0.15) is 5.26 Å². The fourth-order valence-electron chi connectivity index (χ4n) is 11.0. The lowest BCUT2D eigenvalue weighted by atomic mass is 10.00. The van der Waals surface area contributed by atoms with Crippen LogP contribution in [0.15, 0.2) is 218 Å². The molecular weight excluding hydrogens is 789 g/mol. The Morgan fingerprint density at radius 3 is 1.06 bits per heavy atom. The maximum absolute atomic E-state index is 9.94. The molecule has 0 saturated carbocycles. The molecule has 14 aromatic rings. The first kappa shape index (κ1) is 35.7. The third-order valence-corrected chi connectivity index (χ3v) is 13.8. The highest BCUT2D eigenvalue weighted by atomic mass is 15.1. The maximum atomic E-state index is 9.94. The molecule has 3 heterocycles. The summed E-state index contributed by atoms with van der Waals surface area (Å²) in [7, 11) is 0. The second kappa shape index (κ2) is 13.5. The molecule has 300 valence electrons. The van der Waals surface area contributed by atoms with Crippen molar-refractivity contribution in [3.05, 3.63) is 224 Å². The summed E-state index contributed by atoms with van der Waals surface area (Å²) in [6, 6.07) is 81.9. The summed E-state index contributed by atoms with van der Waals surface area (Å²) in [5.41, 5.74) is 12.7. The van der Waals surface area contributed by atoms with Gasteiger partial charge in [0.15, 0.2) is 0 Å². The van der Waals surface area contributed by atoms with Gasteiger partial charge in [0.05, 0.1) is 61.8 Å². The van der Waals surface area contributed by atoms with E-state index >= 15 is 0 Å². The normalized spacial score (nSPS) is 12.0. The topological polar surface area (TPSA) is 38.6 Å². The zero-order valence-corrected chi connectivity index (χ0v) is 35.1. The van der Waals surface area contributed by atoms with Gasteiger partial charge in [-0.15, -0.1) is 0 Å². The molecule has 0 aliphatic carbocycles. The molecule has 0 unspecified atom stereocenters. The third-order valence-electron chi connectivity index (χ3n) is 13.8. The van der Waals surface area contributed by atoms with E-state index in [1.165, 1.54) is 64.6 Å². The standard InChI is InChI=1S/C61H36N4/c62-37-38-25-27-39(28-26-38)43-35-56(63-53-22-10-7-19-47(53)50-32-29-40-13-1-4-16-44(40)58(50)63)61(65-55-24-12-9-21-49(55)52-34-31-42-15-3-6-18-46(42)60(52)65)57(36-43)64-54-23-11-8-20-48(54)51-33-30-41-14-2-5-17-45(41)59(51)64/h1-36H. The van der Waals surface area contributed by atoms with Crippen LogP contribution in [0, 0.1) is 11.3 Å². The number of nitrogens with zero attached hydrogens (tertiary/aromatic N) is 4. The van der Waals surface area contributed by atoms with Crippen LogP contribution in [0.4, 0.5) is 0 Å². The summed E-state index contributed by atoms with van der Waals surface area (Å²) in [6.45, 7) is 0. The quantitative estimate of drug-likeness (QED) is 0.174. The van der Waals surface area contributed by atoms with Crippen LogP contribution in [0.2, 0.25) is 0 Å². The van der Waals surface area contributed by atoms with Crippen LogP contribution in [-0.4, -0.2) is 13.7 Å². The van der Waals surface area contributed by atoms with Crippen molar-refractivity contribution in [1.29, 1.82) is 5.26 Å². The molecule has 4 nitrogen and oxygen atoms in total. The number of hydrogen-bond donors (Lipinski definition) is 0. The maximum Gasteiger partial charge on any atom is 0.0991 e. The van der Waals surface area contributed by atoms with Gasteiger partial charge in [-0.25, -0.2) is 0 Å². The Balaban J connectivity index is 1.30. The summed E-state index contributed by atoms with van der Waals surface area (Å²) < 4.78 is 7.64. The molecule has 3 aromatic heterocycles. The number of nitriles is 1. The van der Waals surface area contributed by atoms with Crippen LogP contribution < -0.4 is 0 Å². The van der Waals surface area contributed by atoms with Crippen molar-refractivity contribution >= 4 is 97.7 Å². The second-order valence-electron chi connectivity index (χ2n) is 17.2. The lowest BCUT2D eigenvalue weighted by Crippen LogP contribution is -2.10. The van der Waals surface area contributed by atoms with Crippen LogP contribution in [0.5, 0.6) is 0 Å². The number of aromatic nitrogens is 3. The molecule has 0 fully saturated rings. The Kier molecular flexibility index (Phi) is 7.43. The van der Waals surface area contributed by atoms with Crippen molar-refractivity contribution in [2.75, 3.05) is 0 Å². The van der Waals surface area contributed by atoms with Gasteiger partial charge in [-0.05, 0) is 69.8 Å². The molecule has 0 aliphatic heterocycles. The van der Waals surface area contributed by atoms with Gasteiger partial charge >= 0.3 is 0 Å². The number of rotatable bonds is 4. The molecule has 0 aliphatic rings. The first-order valence-corrected chi connectivity index (χ1v) is 22.2. The van der Waals surface area contributed by atoms with Gasteiger partial charge in [-0.1, -0.05) is 176 Å². The smallest absolute Gasteiger partial charge is 0.0991 e. The predicted molar refractivity (Wildman–Crippen MR) is 272 cm³/mol. The molecule has 0 radical (unpaired) electrons. The largest absolute Gasteiger partial charge is 0.306 e. The van der Waals surface area contributed by atoms with Gasteiger partial charge in [0.2, 0.25) is 0 Å². The Bertz CT molecular complexity index is 4190. The molecule has 0 atom stereocenters. The molecule has 4 heteroatoms. The number of hydrogen-bond acceptors (Lipinski definition) is 1. The summed E-state index contributed by atoms with van der Waals surface area (Å²) in [5.74, 6) is 0. The van der Waals surface area contributed by atoms with E-state index in [-0.39, 0.29) is 0 Å². The lowest BCUT2D eigenvalue weighted by molar-refractivity contribution is 1.06. The Labute approximate surface area is 373 Å².